The van der Waals surface area contributed by atoms with Crippen LogP contribution in [0.15, 0.2) is 18.2 Å². The Morgan fingerprint density at radius 2 is 2.30 bits per heavy atom. The summed E-state index contributed by atoms with van der Waals surface area (Å²) in [7, 11) is 0. The van der Waals surface area contributed by atoms with E-state index in [1.54, 1.807) is 6.07 Å². The Labute approximate surface area is 124 Å². The highest BCUT2D eigenvalue weighted by Gasteiger charge is 2.43. The second-order valence-electron chi connectivity index (χ2n) is 5.74. The Kier molecular flexibility index (Phi) is 3.61. The number of hydrogen-bond donors (Lipinski definition) is 2. The van der Waals surface area contributed by atoms with Crippen LogP contribution in [0.5, 0.6) is 0 Å². The molecule has 2 aliphatic heterocycles. The predicted molar refractivity (Wildman–Crippen MR) is 81.2 cm³/mol. The fourth-order valence-electron chi connectivity index (χ4n) is 3.73. The van der Waals surface area contributed by atoms with Gasteiger partial charge in [-0.1, -0.05) is 18.5 Å². The van der Waals surface area contributed by atoms with Gasteiger partial charge in [0.2, 0.25) is 5.91 Å². The maximum Gasteiger partial charge on any atom is 0.250 e. The highest BCUT2D eigenvalue weighted by atomic mass is 35.5. The zero-order valence-electron chi connectivity index (χ0n) is 11.6. The number of halogens is 1. The molecule has 2 aliphatic rings. The number of hydrogen-bond acceptors (Lipinski definition) is 3. The quantitative estimate of drug-likeness (QED) is 0.894. The van der Waals surface area contributed by atoms with Gasteiger partial charge in [0, 0.05) is 31.4 Å². The van der Waals surface area contributed by atoms with Crippen LogP contribution in [0.25, 0.3) is 0 Å². The van der Waals surface area contributed by atoms with Crippen LogP contribution in [0, 0.1) is 11.8 Å². The molecule has 3 N–H and O–H groups in total. The molecule has 1 amide bonds. The fourth-order valence-corrected chi connectivity index (χ4v) is 3.99. The minimum absolute atomic E-state index is 0.393. The SMILES string of the molecule is CCC1C2CNCC2CN1c1ccc(C(N)=O)c(Cl)c1. The number of carbonyl (C=O) groups excluding carboxylic acids is 1. The molecule has 108 valence electrons. The van der Waals surface area contributed by atoms with E-state index >= 15 is 0 Å². The van der Waals surface area contributed by atoms with Gasteiger partial charge >= 0.3 is 0 Å². The number of fused-ring (bicyclic) bond motifs is 1. The molecule has 0 spiro atoms. The molecule has 3 unspecified atom stereocenters. The van der Waals surface area contributed by atoms with E-state index in [-0.39, 0.29) is 0 Å². The molecule has 2 saturated heterocycles. The summed E-state index contributed by atoms with van der Waals surface area (Å²) in [5.41, 5.74) is 6.79. The van der Waals surface area contributed by atoms with Gasteiger partial charge < -0.3 is 16.0 Å². The van der Waals surface area contributed by atoms with Crippen molar-refractivity contribution in [3.63, 3.8) is 0 Å². The number of anilines is 1. The van der Waals surface area contributed by atoms with Gasteiger partial charge in [0.15, 0.2) is 0 Å². The highest BCUT2D eigenvalue weighted by Crippen LogP contribution is 2.38. The maximum atomic E-state index is 11.3. The lowest BCUT2D eigenvalue weighted by Crippen LogP contribution is -2.35. The summed E-state index contributed by atoms with van der Waals surface area (Å²) in [5, 5.41) is 3.93. The van der Waals surface area contributed by atoms with Crippen LogP contribution in [0.3, 0.4) is 0 Å². The van der Waals surface area contributed by atoms with E-state index in [0.717, 1.165) is 43.6 Å². The van der Waals surface area contributed by atoms with Crippen LogP contribution in [0.1, 0.15) is 23.7 Å². The minimum Gasteiger partial charge on any atom is -0.368 e. The summed E-state index contributed by atoms with van der Waals surface area (Å²) in [6.07, 6.45) is 1.12. The maximum absolute atomic E-state index is 11.3. The summed E-state index contributed by atoms with van der Waals surface area (Å²) in [6.45, 7) is 5.50. The predicted octanol–water partition coefficient (Wildman–Crippen LogP) is 1.87. The van der Waals surface area contributed by atoms with E-state index in [0.29, 0.717) is 16.6 Å². The van der Waals surface area contributed by atoms with Gasteiger partial charge in [0.05, 0.1) is 10.6 Å². The normalized spacial score (nSPS) is 28.7. The molecule has 0 bridgehead atoms. The van der Waals surface area contributed by atoms with Crippen LogP contribution in [-0.2, 0) is 0 Å². The lowest BCUT2D eigenvalue weighted by atomic mass is 9.93. The van der Waals surface area contributed by atoms with Crippen molar-refractivity contribution in [1.29, 1.82) is 0 Å². The molecule has 0 aromatic heterocycles. The number of primary amides is 1. The Bertz CT molecular complexity index is 534. The molecular weight excluding hydrogens is 274 g/mol. The molecule has 2 heterocycles. The minimum atomic E-state index is -0.476. The van der Waals surface area contributed by atoms with Gasteiger partial charge in [-0.05, 0) is 36.5 Å². The van der Waals surface area contributed by atoms with Crippen molar-refractivity contribution < 1.29 is 4.79 Å². The number of amides is 1. The van der Waals surface area contributed by atoms with E-state index in [4.69, 9.17) is 17.3 Å². The first-order valence-corrected chi connectivity index (χ1v) is 7.56. The Balaban J connectivity index is 1.89. The third-order valence-electron chi connectivity index (χ3n) is 4.69. The first-order chi connectivity index (χ1) is 9.61. The fraction of sp³-hybridized carbons (Fsp3) is 0.533. The molecule has 1 aromatic rings. The lowest BCUT2D eigenvalue weighted by molar-refractivity contribution is 0.100. The van der Waals surface area contributed by atoms with Gasteiger partial charge in [-0.25, -0.2) is 0 Å². The highest BCUT2D eigenvalue weighted by molar-refractivity contribution is 6.34. The third kappa shape index (κ3) is 2.17. The molecule has 20 heavy (non-hydrogen) atoms. The molecule has 4 nitrogen and oxygen atoms in total. The van der Waals surface area contributed by atoms with Gasteiger partial charge in [0.1, 0.15) is 0 Å². The Hall–Kier alpha value is -1.26. The topological polar surface area (TPSA) is 58.4 Å². The third-order valence-corrected chi connectivity index (χ3v) is 5.00. The van der Waals surface area contributed by atoms with Gasteiger partial charge in [-0.2, -0.15) is 0 Å². The second-order valence-corrected chi connectivity index (χ2v) is 6.15. The molecule has 3 atom stereocenters. The summed E-state index contributed by atoms with van der Waals surface area (Å²) in [4.78, 5) is 13.7. The number of carbonyl (C=O) groups is 1. The largest absolute Gasteiger partial charge is 0.368 e. The average molecular weight is 294 g/mol. The van der Waals surface area contributed by atoms with Crippen LogP contribution < -0.4 is 16.0 Å². The van der Waals surface area contributed by atoms with Gasteiger partial charge in [-0.15, -0.1) is 0 Å². The van der Waals surface area contributed by atoms with E-state index in [2.05, 4.69) is 17.1 Å². The Morgan fingerprint density at radius 1 is 1.50 bits per heavy atom. The molecule has 2 fully saturated rings. The summed E-state index contributed by atoms with van der Waals surface area (Å²) in [6, 6.07) is 6.12. The number of benzene rings is 1. The molecular formula is C15H20ClN3O. The monoisotopic (exact) mass is 293 g/mol. The standard InChI is InChI=1S/C15H20ClN3O/c1-2-14-12-7-18-6-9(12)8-19(14)10-3-4-11(15(17)20)13(16)5-10/h3-5,9,12,14,18H,2,6-8H2,1H3,(H2,17,20). The Morgan fingerprint density at radius 3 is 2.95 bits per heavy atom. The molecule has 0 radical (unpaired) electrons. The molecule has 5 heteroatoms. The lowest BCUT2D eigenvalue weighted by Gasteiger charge is -2.29. The van der Waals surface area contributed by atoms with Gasteiger partial charge in [0.25, 0.3) is 0 Å². The van der Waals surface area contributed by atoms with Crippen LogP contribution in [-0.4, -0.2) is 31.6 Å². The smallest absolute Gasteiger partial charge is 0.250 e. The summed E-state index contributed by atoms with van der Waals surface area (Å²) >= 11 is 6.17. The van der Waals surface area contributed by atoms with Crippen molar-refractivity contribution >= 4 is 23.2 Å². The first-order valence-electron chi connectivity index (χ1n) is 7.18. The summed E-state index contributed by atoms with van der Waals surface area (Å²) in [5.74, 6) is 0.959. The first kappa shape index (κ1) is 13.7. The van der Waals surface area contributed by atoms with Crippen LogP contribution in [0.2, 0.25) is 5.02 Å². The second kappa shape index (κ2) is 5.26. The van der Waals surface area contributed by atoms with Crippen molar-refractivity contribution in [1.82, 2.24) is 5.32 Å². The van der Waals surface area contributed by atoms with Crippen LogP contribution >= 0.6 is 11.6 Å². The van der Waals surface area contributed by atoms with E-state index < -0.39 is 5.91 Å². The van der Waals surface area contributed by atoms with Crippen LogP contribution in [0.4, 0.5) is 5.69 Å². The van der Waals surface area contributed by atoms with Crippen molar-refractivity contribution in [2.75, 3.05) is 24.5 Å². The number of nitrogens with zero attached hydrogens (tertiary/aromatic N) is 1. The zero-order chi connectivity index (χ0) is 14.3. The molecule has 3 rings (SSSR count). The molecule has 0 saturated carbocycles. The number of nitrogens with two attached hydrogens (primary N) is 1. The van der Waals surface area contributed by atoms with Crippen molar-refractivity contribution in [3.8, 4) is 0 Å². The van der Waals surface area contributed by atoms with Crippen molar-refractivity contribution in [3.05, 3.63) is 28.8 Å². The van der Waals surface area contributed by atoms with Crippen molar-refractivity contribution in [2.24, 2.45) is 17.6 Å². The van der Waals surface area contributed by atoms with E-state index in [1.165, 1.54) is 0 Å². The molecule has 0 aliphatic carbocycles. The van der Waals surface area contributed by atoms with Crippen molar-refractivity contribution in [2.45, 2.75) is 19.4 Å². The zero-order valence-corrected chi connectivity index (χ0v) is 12.4. The van der Waals surface area contributed by atoms with Gasteiger partial charge in [-0.3, -0.25) is 4.79 Å². The number of rotatable bonds is 3. The number of nitrogens with one attached hydrogen (secondary N) is 1. The molecule has 1 aromatic carbocycles. The van der Waals surface area contributed by atoms with E-state index in [1.807, 2.05) is 12.1 Å². The van der Waals surface area contributed by atoms with E-state index in [9.17, 15) is 4.79 Å². The average Bonchev–Trinajstić information content (AvgIpc) is 2.97. The summed E-state index contributed by atoms with van der Waals surface area (Å²) < 4.78 is 0.